The highest BCUT2D eigenvalue weighted by Gasteiger charge is 2.35. The molecule has 0 bridgehead atoms. The molecule has 1 aliphatic carbocycles. The summed E-state index contributed by atoms with van der Waals surface area (Å²) in [5, 5.41) is 0. The van der Waals surface area contributed by atoms with Crippen molar-refractivity contribution in [2.24, 2.45) is 11.7 Å². The van der Waals surface area contributed by atoms with Crippen LogP contribution in [-0.2, 0) is 11.2 Å². The molecule has 0 saturated heterocycles. The van der Waals surface area contributed by atoms with Gasteiger partial charge in [0.15, 0.2) is 0 Å². The van der Waals surface area contributed by atoms with Crippen molar-refractivity contribution in [3.63, 3.8) is 0 Å². The Hall–Kier alpha value is -0.860. The number of benzene rings is 1. The number of rotatable bonds is 6. The maximum atomic E-state index is 6.25. The molecule has 1 aromatic carbocycles. The first-order valence-corrected chi connectivity index (χ1v) is 6.22. The average Bonchev–Trinajstić information content (AvgIpc) is 3.11. The summed E-state index contributed by atoms with van der Waals surface area (Å²) in [6, 6.07) is 10.6. The van der Waals surface area contributed by atoms with E-state index in [1.165, 1.54) is 18.4 Å². The molecule has 0 spiro atoms. The smallest absolute Gasteiger partial charge is 0.0757 e. The van der Waals surface area contributed by atoms with Gasteiger partial charge in [-0.1, -0.05) is 30.3 Å². The first kappa shape index (κ1) is 11.6. The van der Waals surface area contributed by atoms with E-state index in [-0.39, 0.29) is 12.1 Å². The van der Waals surface area contributed by atoms with E-state index in [0.717, 1.165) is 13.0 Å². The van der Waals surface area contributed by atoms with Crippen molar-refractivity contribution in [3.05, 3.63) is 35.9 Å². The van der Waals surface area contributed by atoms with Crippen LogP contribution >= 0.6 is 0 Å². The van der Waals surface area contributed by atoms with Gasteiger partial charge in [-0.05, 0) is 37.7 Å². The van der Waals surface area contributed by atoms with Crippen molar-refractivity contribution in [1.29, 1.82) is 0 Å². The Morgan fingerprint density at radius 3 is 2.56 bits per heavy atom. The fraction of sp³-hybridized carbons (Fsp3) is 0.571. The van der Waals surface area contributed by atoms with Crippen molar-refractivity contribution in [2.75, 3.05) is 6.61 Å². The minimum atomic E-state index is 0.134. The van der Waals surface area contributed by atoms with Gasteiger partial charge in [-0.2, -0.15) is 0 Å². The molecule has 0 aliphatic heterocycles. The topological polar surface area (TPSA) is 35.2 Å². The zero-order chi connectivity index (χ0) is 11.4. The minimum absolute atomic E-state index is 0.134. The average molecular weight is 219 g/mol. The van der Waals surface area contributed by atoms with Gasteiger partial charge in [-0.3, -0.25) is 0 Å². The van der Waals surface area contributed by atoms with Gasteiger partial charge in [0.2, 0.25) is 0 Å². The summed E-state index contributed by atoms with van der Waals surface area (Å²) in [5.41, 5.74) is 7.56. The first-order valence-electron chi connectivity index (χ1n) is 6.22. The maximum absolute atomic E-state index is 6.25. The van der Waals surface area contributed by atoms with E-state index in [1.54, 1.807) is 0 Å². The van der Waals surface area contributed by atoms with Crippen molar-refractivity contribution >= 4 is 0 Å². The largest absolute Gasteiger partial charge is 0.377 e. The molecule has 1 aromatic rings. The van der Waals surface area contributed by atoms with Crippen LogP contribution in [0.3, 0.4) is 0 Å². The fourth-order valence-electron chi connectivity index (χ4n) is 2.23. The van der Waals surface area contributed by atoms with Crippen LogP contribution in [0.4, 0.5) is 0 Å². The Morgan fingerprint density at radius 2 is 2.00 bits per heavy atom. The van der Waals surface area contributed by atoms with Crippen LogP contribution in [0.15, 0.2) is 30.3 Å². The lowest BCUT2D eigenvalue weighted by Crippen LogP contribution is -2.40. The Morgan fingerprint density at radius 1 is 1.31 bits per heavy atom. The molecule has 2 heteroatoms. The Labute approximate surface area is 97.8 Å². The van der Waals surface area contributed by atoms with Crippen LogP contribution in [0, 0.1) is 5.92 Å². The first-order chi connectivity index (χ1) is 7.81. The third kappa shape index (κ3) is 3.06. The van der Waals surface area contributed by atoms with E-state index in [0.29, 0.717) is 5.92 Å². The maximum Gasteiger partial charge on any atom is 0.0757 e. The third-order valence-electron chi connectivity index (χ3n) is 3.18. The molecule has 2 atom stereocenters. The Bertz CT molecular complexity index is 308. The molecule has 0 aromatic heterocycles. The van der Waals surface area contributed by atoms with Gasteiger partial charge in [0.1, 0.15) is 0 Å². The second-order valence-electron chi connectivity index (χ2n) is 4.61. The zero-order valence-electron chi connectivity index (χ0n) is 9.93. The fourth-order valence-corrected chi connectivity index (χ4v) is 2.23. The van der Waals surface area contributed by atoms with E-state index in [4.69, 9.17) is 10.5 Å². The van der Waals surface area contributed by atoms with Crippen LogP contribution in [0.25, 0.3) is 0 Å². The van der Waals surface area contributed by atoms with Crippen molar-refractivity contribution in [3.8, 4) is 0 Å². The summed E-state index contributed by atoms with van der Waals surface area (Å²) in [6.45, 7) is 2.81. The lowest BCUT2D eigenvalue weighted by molar-refractivity contribution is 0.0288. The standard InChI is InChI=1S/C14H21NO/c1-2-16-14(12-8-9-12)13(15)10-11-6-4-3-5-7-11/h3-7,12-14H,2,8-10,15H2,1H3. The minimum Gasteiger partial charge on any atom is -0.377 e. The van der Waals surface area contributed by atoms with E-state index in [1.807, 2.05) is 13.0 Å². The van der Waals surface area contributed by atoms with Crippen molar-refractivity contribution < 1.29 is 4.74 Å². The molecule has 2 nitrogen and oxygen atoms in total. The lowest BCUT2D eigenvalue weighted by atomic mass is 9.99. The van der Waals surface area contributed by atoms with Crippen LogP contribution in [0.1, 0.15) is 25.3 Å². The van der Waals surface area contributed by atoms with Crippen molar-refractivity contribution in [1.82, 2.24) is 0 Å². The summed E-state index contributed by atoms with van der Waals surface area (Å²) in [7, 11) is 0. The molecule has 2 rings (SSSR count). The third-order valence-corrected chi connectivity index (χ3v) is 3.18. The van der Waals surface area contributed by atoms with Gasteiger partial charge in [-0.15, -0.1) is 0 Å². The zero-order valence-corrected chi connectivity index (χ0v) is 9.93. The molecule has 0 heterocycles. The molecule has 16 heavy (non-hydrogen) atoms. The van der Waals surface area contributed by atoms with Gasteiger partial charge < -0.3 is 10.5 Å². The van der Waals surface area contributed by atoms with Gasteiger partial charge in [0.05, 0.1) is 6.10 Å². The summed E-state index contributed by atoms with van der Waals surface area (Å²) in [5.74, 6) is 0.707. The normalized spacial score (nSPS) is 19.4. The van der Waals surface area contributed by atoms with E-state index >= 15 is 0 Å². The van der Waals surface area contributed by atoms with Gasteiger partial charge >= 0.3 is 0 Å². The lowest BCUT2D eigenvalue weighted by Gasteiger charge is -2.23. The molecule has 1 aliphatic rings. The predicted molar refractivity (Wildman–Crippen MR) is 66.3 cm³/mol. The van der Waals surface area contributed by atoms with Crippen LogP contribution in [0.5, 0.6) is 0 Å². The quantitative estimate of drug-likeness (QED) is 0.797. The Balaban J connectivity index is 1.92. The Kier molecular flexibility index (Phi) is 3.97. The predicted octanol–water partition coefficient (Wildman–Crippen LogP) is 2.37. The second kappa shape index (κ2) is 5.46. The summed E-state index contributed by atoms with van der Waals surface area (Å²) < 4.78 is 5.77. The molecule has 1 saturated carbocycles. The van der Waals surface area contributed by atoms with Crippen LogP contribution < -0.4 is 5.73 Å². The van der Waals surface area contributed by atoms with E-state index < -0.39 is 0 Å². The number of nitrogens with two attached hydrogens (primary N) is 1. The SMILES string of the molecule is CCOC(C(N)Cc1ccccc1)C1CC1. The molecule has 2 unspecified atom stereocenters. The van der Waals surface area contributed by atoms with Crippen molar-refractivity contribution in [2.45, 2.75) is 38.3 Å². The highest BCUT2D eigenvalue weighted by atomic mass is 16.5. The van der Waals surface area contributed by atoms with Crippen LogP contribution in [-0.4, -0.2) is 18.8 Å². The van der Waals surface area contributed by atoms with E-state index in [9.17, 15) is 0 Å². The van der Waals surface area contributed by atoms with Crippen LogP contribution in [0.2, 0.25) is 0 Å². The second-order valence-corrected chi connectivity index (χ2v) is 4.61. The molecular formula is C14H21NO. The summed E-state index contributed by atoms with van der Waals surface area (Å²) >= 11 is 0. The number of hydrogen-bond acceptors (Lipinski definition) is 2. The molecule has 1 fully saturated rings. The van der Waals surface area contributed by atoms with Gasteiger partial charge in [0.25, 0.3) is 0 Å². The molecular weight excluding hydrogens is 198 g/mol. The monoisotopic (exact) mass is 219 g/mol. The molecule has 2 N–H and O–H groups in total. The van der Waals surface area contributed by atoms with E-state index in [2.05, 4.69) is 24.3 Å². The highest BCUT2D eigenvalue weighted by molar-refractivity contribution is 5.16. The summed E-state index contributed by atoms with van der Waals surface area (Å²) in [6.07, 6.45) is 3.74. The number of ether oxygens (including phenoxy) is 1. The van der Waals surface area contributed by atoms with Gasteiger partial charge in [0, 0.05) is 12.6 Å². The number of hydrogen-bond donors (Lipinski definition) is 1. The molecule has 88 valence electrons. The molecule has 0 radical (unpaired) electrons. The summed E-state index contributed by atoms with van der Waals surface area (Å²) in [4.78, 5) is 0. The highest BCUT2D eigenvalue weighted by Crippen LogP contribution is 2.36. The van der Waals surface area contributed by atoms with Gasteiger partial charge in [-0.25, -0.2) is 0 Å². The molecule has 0 amide bonds.